The van der Waals surface area contributed by atoms with E-state index >= 15 is 0 Å². The van der Waals surface area contributed by atoms with Gasteiger partial charge in [0.2, 0.25) is 0 Å². The molecule has 4 aromatic rings. The third kappa shape index (κ3) is 8.15. The Labute approximate surface area is 222 Å². The van der Waals surface area contributed by atoms with Gasteiger partial charge in [-0.05, 0) is 59.7 Å². The largest absolute Gasteiger partial charge is 0.491 e. The minimum Gasteiger partial charge on any atom is -0.491 e. The Kier molecular flexibility index (Phi) is 9.38. The maximum atomic E-state index is 12.4. The molecular formula is C33H28O5. The summed E-state index contributed by atoms with van der Waals surface area (Å²) in [5.74, 6) is 0.990. The number of carbonyl (C=O) groups excluding carboxylic acids is 2. The molecular weight excluding hydrogens is 476 g/mol. The predicted molar refractivity (Wildman–Crippen MR) is 149 cm³/mol. The Balaban J connectivity index is 1.19. The van der Waals surface area contributed by atoms with Crippen LogP contribution in [0.5, 0.6) is 11.5 Å². The zero-order valence-electron chi connectivity index (χ0n) is 20.8. The molecule has 4 aromatic carbocycles. The van der Waals surface area contributed by atoms with E-state index in [1.54, 1.807) is 66.8 Å². The summed E-state index contributed by atoms with van der Waals surface area (Å²) in [4.78, 5) is 24.5. The summed E-state index contributed by atoms with van der Waals surface area (Å²) < 4.78 is 11.3. The van der Waals surface area contributed by atoms with Crippen molar-refractivity contribution in [3.63, 3.8) is 0 Å². The van der Waals surface area contributed by atoms with E-state index in [1.165, 1.54) is 6.08 Å². The number of aliphatic hydroxyl groups excluding tert-OH is 1. The molecule has 38 heavy (non-hydrogen) atoms. The van der Waals surface area contributed by atoms with E-state index in [4.69, 9.17) is 9.47 Å². The van der Waals surface area contributed by atoms with Gasteiger partial charge < -0.3 is 14.6 Å². The Morgan fingerprint density at radius 3 is 1.53 bits per heavy atom. The molecule has 0 spiro atoms. The molecule has 0 aliphatic rings. The smallest absolute Gasteiger partial charge is 0.185 e. The Morgan fingerprint density at radius 2 is 1.00 bits per heavy atom. The number of ketones is 2. The quantitative estimate of drug-likeness (QED) is 0.181. The fourth-order valence-electron chi connectivity index (χ4n) is 3.53. The Bertz CT molecular complexity index is 1370. The van der Waals surface area contributed by atoms with Crippen LogP contribution < -0.4 is 9.47 Å². The summed E-state index contributed by atoms with van der Waals surface area (Å²) in [6.07, 6.45) is 5.77. The highest BCUT2D eigenvalue weighted by Crippen LogP contribution is 2.16. The fraction of sp³-hybridized carbons (Fsp3) is 0.0909. The number of aliphatic hydroxyl groups is 1. The topological polar surface area (TPSA) is 72.8 Å². The molecule has 5 heteroatoms. The zero-order valence-corrected chi connectivity index (χ0v) is 20.8. The SMILES string of the molecule is O=C(C=Cc1ccc(OC[C@@H](O)COc2ccc(C(=O)C=Cc3ccccc3)cc2)cc1)c1ccccc1. The second-order valence-electron chi connectivity index (χ2n) is 8.54. The Hall–Kier alpha value is -4.74. The second kappa shape index (κ2) is 13.5. The van der Waals surface area contributed by atoms with Gasteiger partial charge in [0.25, 0.3) is 0 Å². The molecule has 5 nitrogen and oxygen atoms in total. The maximum absolute atomic E-state index is 12.4. The lowest BCUT2D eigenvalue weighted by Gasteiger charge is -2.14. The van der Waals surface area contributed by atoms with Crippen LogP contribution in [-0.2, 0) is 0 Å². The van der Waals surface area contributed by atoms with Gasteiger partial charge in [0.05, 0.1) is 0 Å². The van der Waals surface area contributed by atoms with E-state index < -0.39 is 6.10 Å². The standard InChI is InChI=1S/C33H28O5/c34-29(23-37-30-17-11-26(12-18-30)14-22-32(35)27-9-5-2-6-10-27)24-38-31-19-15-28(16-20-31)33(36)21-13-25-7-3-1-4-8-25/h1-22,29,34H,23-24H2/t29-/m1/s1. The lowest BCUT2D eigenvalue weighted by Crippen LogP contribution is -2.25. The summed E-state index contributed by atoms with van der Waals surface area (Å²) in [6, 6.07) is 32.7. The third-order valence-corrected chi connectivity index (χ3v) is 5.62. The van der Waals surface area contributed by atoms with Gasteiger partial charge in [0.15, 0.2) is 11.6 Å². The van der Waals surface area contributed by atoms with Crippen molar-refractivity contribution >= 4 is 23.7 Å². The molecule has 0 unspecified atom stereocenters. The number of ether oxygens (including phenoxy) is 2. The van der Waals surface area contributed by atoms with Gasteiger partial charge in [0.1, 0.15) is 30.8 Å². The van der Waals surface area contributed by atoms with Gasteiger partial charge in [-0.2, -0.15) is 0 Å². The molecule has 1 N–H and O–H groups in total. The molecule has 0 aliphatic heterocycles. The van der Waals surface area contributed by atoms with Crippen molar-refractivity contribution in [3.05, 3.63) is 144 Å². The molecule has 0 aliphatic carbocycles. The van der Waals surface area contributed by atoms with Crippen LogP contribution in [-0.4, -0.2) is 36.0 Å². The van der Waals surface area contributed by atoms with Crippen LogP contribution in [0.25, 0.3) is 12.2 Å². The summed E-state index contributed by atoms with van der Waals surface area (Å²) in [6.45, 7) is 0.103. The first-order valence-corrected chi connectivity index (χ1v) is 12.3. The van der Waals surface area contributed by atoms with Crippen molar-refractivity contribution in [2.75, 3.05) is 13.2 Å². The first-order valence-electron chi connectivity index (χ1n) is 12.3. The van der Waals surface area contributed by atoms with Gasteiger partial charge in [-0.25, -0.2) is 0 Å². The monoisotopic (exact) mass is 504 g/mol. The van der Waals surface area contributed by atoms with Gasteiger partial charge in [-0.1, -0.05) is 84.9 Å². The molecule has 1 atom stereocenters. The number of hydrogen-bond acceptors (Lipinski definition) is 5. The average Bonchev–Trinajstić information content (AvgIpc) is 2.98. The molecule has 0 fully saturated rings. The average molecular weight is 505 g/mol. The Morgan fingerprint density at radius 1 is 0.579 bits per heavy atom. The molecule has 4 rings (SSSR count). The summed E-state index contributed by atoms with van der Waals surface area (Å²) in [5, 5.41) is 10.2. The summed E-state index contributed by atoms with van der Waals surface area (Å²) >= 11 is 0. The van der Waals surface area contributed by atoms with Crippen LogP contribution in [0.4, 0.5) is 0 Å². The number of benzene rings is 4. The number of carbonyl (C=O) groups is 2. The zero-order chi connectivity index (χ0) is 26.6. The van der Waals surface area contributed by atoms with Crippen LogP contribution in [0.3, 0.4) is 0 Å². The van der Waals surface area contributed by atoms with Crippen LogP contribution in [0, 0.1) is 0 Å². The predicted octanol–water partition coefficient (Wildman–Crippen LogP) is 6.30. The molecule has 0 radical (unpaired) electrons. The maximum Gasteiger partial charge on any atom is 0.185 e. The molecule has 190 valence electrons. The van der Waals surface area contributed by atoms with E-state index in [1.807, 2.05) is 60.7 Å². The van der Waals surface area contributed by atoms with Crippen LogP contribution >= 0.6 is 0 Å². The molecule has 0 saturated carbocycles. The van der Waals surface area contributed by atoms with Crippen molar-refractivity contribution in [2.24, 2.45) is 0 Å². The third-order valence-electron chi connectivity index (χ3n) is 5.62. The second-order valence-corrected chi connectivity index (χ2v) is 8.54. The lowest BCUT2D eigenvalue weighted by molar-refractivity contribution is 0.0626. The van der Waals surface area contributed by atoms with Crippen molar-refractivity contribution in [1.29, 1.82) is 0 Å². The molecule has 0 bridgehead atoms. The van der Waals surface area contributed by atoms with E-state index in [9.17, 15) is 14.7 Å². The first-order chi connectivity index (χ1) is 18.6. The lowest BCUT2D eigenvalue weighted by atomic mass is 10.1. The normalized spacial score (nSPS) is 11.9. The molecule has 0 heterocycles. The van der Waals surface area contributed by atoms with Crippen molar-refractivity contribution in [2.45, 2.75) is 6.10 Å². The van der Waals surface area contributed by atoms with Crippen molar-refractivity contribution in [1.82, 2.24) is 0 Å². The molecule has 0 aromatic heterocycles. The van der Waals surface area contributed by atoms with Crippen LogP contribution in [0.2, 0.25) is 0 Å². The summed E-state index contributed by atoms with van der Waals surface area (Å²) in [7, 11) is 0. The van der Waals surface area contributed by atoms with E-state index in [0.717, 1.165) is 11.1 Å². The number of hydrogen-bond donors (Lipinski definition) is 1. The molecule has 0 amide bonds. The highest BCUT2D eigenvalue weighted by Gasteiger charge is 2.08. The first kappa shape index (κ1) is 26.3. The highest BCUT2D eigenvalue weighted by molar-refractivity contribution is 6.07. The number of rotatable bonds is 12. The highest BCUT2D eigenvalue weighted by atomic mass is 16.5. The minimum atomic E-state index is -0.840. The summed E-state index contributed by atoms with van der Waals surface area (Å²) in [5.41, 5.74) is 3.01. The molecule has 0 saturated heterocycles. The van der Waals surface area contributed by atoms with Crippen LogP contribution in [0.15, 0.2) is 121 Å². The van der Waals surface area contributed by atoms with E-state index in [2.05, 4.69) is 0 Å². The van der Waals surface area contributed by atoms with E-state index in [-0.39, 0.29) is 24.8 Å². The fourth-order valence-corrected chi connectivity index (χ4v) is 3.53. The van der Waals surface area contributed by atoms with Gasteiger partial charge in [-0.3, -0.25) is 9.59 Å². The van der Waals surface area contributed by atoms with Gasteiger partial charge in [0, 0.05) is 11.1 Å². The minimum absolute atomic E-state index is 0.0453. The van der Waals surface area contributed by atoms with Crippen LogP contribution in [0.1, 0.15) is 31.8 Å². The van der Waals surface area contributed by atoms with Gasteiger partial charge >= 0.3 is 0 Å². The van der Waals surface area contributed by atoms with Crippen molar-refractivity contribution in [3.8, 4) is 11.5 Å². The van der Waals surface area contributed by atoms with E-state index in [0.29, 0.717) is 22.6 Å². The van der Waals surface area contributed by atoms with Gasteiger partial charge in [-0.15, -0.1) is 0 Å². The van der Waals surface area contributed by atoms with Crippen molar-refractivity contribution < 1.29 is 24.2 Å². The number of allylic oxidation sites excluding steroid dienone is 2.